The summed E-state index contributed by atoms with van der Waals surface area (Å²) in [5, 5.41) is 17.5. The van der Waals surface area contributed by atoms with Crippen LogP contribution in [0.5, 0.6) is 0 Å². The molecule has 31 heavy (non-hydrogen) atoms. The first-order valence-corrected chi connectivity index (χ1v) is 12.0. The summed E-state index contributed by atoms with van der Waals surface area (Å²) >= 11 is 0. The van der Waals surface area contributed by atoms with E-state index in [2.05, 4.69) is 47.6 Å². The first-order chi connectivity index (χ1) is 15.2. The predicted octanol–water partition coefficient (Wildman–Crippen LogP) is 3.30. The maximum atomic E-state index is 9.54. The number of rotatable bonds is 6. The van der Waals surface area contributed by atoms with E-state index in [0.717, 1.165) is 21.1 Å². The fourth-order valence-electron chi connectivity index (χ4n) is 3.82. The number of hydrogen-bond acceptors (Lipinski definition) is 3. The molecule has 0 aliphatic rings. The van der Waals surface area contributed by atoms with Gasteiger partial charge in [0.2, 0.25) is 0 Å². The lowest BCUT2D eigenvalue weighted by Gasteiger charge is -2.30. The summed E-state index contributed by atoms with van der Waals surface area (Å²) in [7, 11) is -1.06. The van der Waals surface area contributed by atoms with Crippen molar-refractivity contribution in [3.05, 3.63) is 115 Å². The van der Waals surface area contributed by atoms with E-state index in [1.807, 2.05) is 80.8 Å². The summed E-state index contributed by atoms with van der Waals surface area (Å²) in [5.74, 6) is 0. The van der Waals surface area contributed by atoms with Gasteiger partial charge in [0.25, 0.3) is 0 Å². The van der Waals surface area contributed by atoms with E-state index in [9.17, 15) is 5.26 Å². The van der Waals surface area contributed by atoms with Gasteiger partial charge in [0.15, 0.2) is 0 Å². The molecule has 0 atom stereocenters. The Bertz CT molecular complexity index is 1130. The van der Waals surface area contributed by atoms with Crippen LogP contribution in [0.2, 0.25) is 0 Å². The third kappa shape index (κ3) is 3.81. The van der Waals surface area contributed by atoms with Gasteiger partial charge < -0.3 is 9.09 Å². The molecule has 0 aliphatic carbocycles. The van der Waals surface area contributed by atoms with Crippen molar-refractivity contribution in [2.75, 3.05) is 0 Å². The summed E-state index contributed by atoms with van der Waals surface area (Å²) in [5.41, 5.74) is 2.02. The molecule has 0 bridgehead atoms. The van der Waals surface area contributed by atoms with Crippen LogP contribution in [0.15, 0.2) is 108 Å². The molecule has 0 saturated carbocycles. The fraction of sp³-hybridized carbons (Fsp3) is 0.0769. The van der Waals surface area contributed by atoms with E-state index in [4.69, 9.17) is 4.53 Å². The molecule has 3 aromatic carbocycles. The Hall–Kier alpha value is -3.88. The third-order valence-electron chi connectivity index (χ3n) is 5.43. The Morgan fingerprint density at radius 2 is 1.26 bits per heavy atom. The second-order valence-corrected chi connectivity index (χ2v) is 10.6. The highest BCUT2D eigenvalue weighted by Gasteiger charge is 2.45. The minimum absolute atomic E-state index is 0.566. The van der Waals surface area contributed by atoms with Crippen LogP contribution in [0, 0.1) is 11.3 Å². The average Bonchev–Trinajstić information content (AvgIpc) is 3.22. The molecule has 4 aromatic rings. The smallest absolute Gasteiger partial charge is 0.380 e. The van der Waals surface area contributed by atoms with E-state index >= 15 is 0 Å². The minimum atomic E-state index is -2.92. The zero-order valence-corrected chi connectivity index (χ0v) is 18.6. The molecular formula is C26H23N3OSi. The van der Waals surface area contributed by atoms with Crippen LogP contribution in [-0.2, 0) is 11.6 Å². The Kier molecular flexibility index (Phi) is 5.83. The lowest BCUT2D eigenvalue weighted by Crippen LogP contribution is -2.68. The highest BCUT2D eigenvalue weighted by Crippen LogP contribution is 2.14. The van der Waals surface area contributed by atoms with Gasteiger partial charge in [-0.15, -0.1) is 5.16 Å². The molecule has 4 rings (SSSR count). The van der Waals surface area contributed by atoms with E-state index in [1.165, 1.54) is 0 Å². The number of nitrogens with zero attached hydrogens (tertiary/aromatic N) is 3. The summed E-state index contributed by atoms with van der Waals surface area (Å²) in [6.45, 7) is 1.89. The Morgan fingerprint density at radius 1 is 0.806 bits per heavy atom. The number of benzene rings is 3. The number of aryl methyl sites for hydroxylation is 1. The van der Waals surface area contributed by atoms with Gasteiger partial charge in [-0.25, -0.2) is 0 Å². The van der Waals surface area contributed by atoms with Crippen LogP contribution in [0.4, 0.5) is 0 Å². The van der Waals surface area contributed by atoms with Crippen molar-refractivity contribution in [2.24, 2.45) is 12.2 Å². The van der Waals surface area contributed by atoms with Crippen LogP contribution < -0.4 is 15.6 Å². The van der Waals surface area contributed by atoms with Gasteiger partial charge >= 0.3 is 8.32 Å². The molecule has 0 radical (unpaired) electrons. The maximum absolute atomic E-state index is 9.54. The SMILES string of the molecule is CC(=NO[Si](c1ccccc1)(c1ccccc1)c1ccccc1)c1ccn(C)c1C#N. The van der Waals surface area contributed by atoms with Crippen LogP contribution in [-0.4, -0.2) is 18.6 Å². The first-order valence-electron chi connectivity index (χ1n) is 10.1. The van der Waals surface area contributed by atoms with Crippen molar-refractivity contribution in [2.45, 2.75) is 6.92 Å². The molecule has 5 heteroatoms. The fourth-order valence-corrected chi connectivity index (χ4v) is 7.40. The second-order valence-electron chi connectivity index (χ2n) is 7.35. The standard InChI is InChI=1S/C26H23N3OSi/c1-21(25-18-19-29(2)26(25)20-27)28-30-31(22-12-6-3-7-13-22,23-14-8-4-9-15-23)24-16-10-5-11-17-24/h3-19H,1-2H3. The van der Waals surface area contributed by atoms with Crippen molar-refractivity contribution < 1.29 is 4.53 Å². The quantitative estimate of drug-likeness (QED) is 0.208. The van der Waals surface area contributed by atoms with Gasteiger partial charge in [-0.3, -0.25) is 0 Å². The molecule has 1 heterocycles. The summed E-state index contributed by atoms with van der Waals surface area (Å²) in [6, 6.07) is 35.1. The molecule has 0 fully saturated rings. The van der Waals surface area contributed by atoms with Crippen LogP contribution in [0.25, 0.3) is 0 Å². The highest BCUT2D eigenvalue weighted by molar-refractivity contribution is 7.07. The minimum Gasteiger partial charge on any atom is -0.438 e. The Balaban J connectivity index is 1.91. The van der Waals surface area contributed by atoms with Crippen molar-refractivity contribution >= 4 is 29.6 Å². The van der Waals surface area contributed by atoms with Crippen LogP contribution >= 0.6 is 0 Å². The van der Waals surface area contributed by atoms with E-state index in [1.54, 1.807) is 4.57 Å². The maximum Gasteiger partial charge on any atom is 0.380 e. The molecule has 4 nitrogen and oxygen atoms in total. The van der Waals surface area contributed by atoms with Crippen molar-refractivity contribution in [1.82, 2.24) is 4.57 Å². The second kappa shape index (κ2) is 8.86. The zero-order valence-electron chi connectivity index (χ0n) is 17.6. The average molecular weight is 422 g/mol. The lowest BCUT2D eigenvalue weighted by atomic mass is 10.2. The Morgan fingerprint density at radius 3 is 1.68 bits per heavy atom. The van der Waals surface area contributed by atoms with E-state index in [-0.39, 0.29) is 0 Å². The molecule has 0 spiro atoms. The molecule has 0 saturated heterocycles. The van der Waals surface area contributed by atoms with E-state index in [0.29, 0.717) is 11.4 Å². The van der Waals surface area contributed by atoms with Gasteiger partial charge in [-0.2, -0.15) is 5.26 Å². The van der Waals surface area contributed by atoms with Crippen molar-refractivity contribution in [3.8, 4) is 6.07 Å². The molecule has 0 amide bonds. The predicted molar refractivity (Wildman–Crippen MR) is 127 cm³/mol. The number of oxime groups is 1. The largest absolute Gasteiger partial charge is 0.438 e. The third-order valence-corrected chi connectivity index (χ3v) is 9.23. The molecule has 152 valence electrons. The van der Waals surface area contributed by atoms with Crippen molar-refractivity contribution in [3.63, 3.8) is 0 Å². The van der Waals surface area contributed by atoms with E-state index < -0.39 is 8.32 Å². The van der Waals surface area contributed by atoms with Gasteiger partial charge in [-0.05, 0) is 28.6 Å². The molecule has 0 unspecified atom stereocenters. The number of aromatic nitrogens is 1. The van der Waals surface area contributed by atoms with Gasteiger partial charge in [-0.1, -0.05) is 91.0 Å². The summed E-state index contributed by atoms with van der Waals surface area (Å²) in [4.78, 5) is 0. The van der Waals surface area contributed by atoms with Crippen LogP contribution in [0.1, 0.15) is 18.2 Å². The van der Waals surface area contributed by atoms with Gasteiger partial charge in [0.05, 0.1) is 5.71 Å². The molecular weight excluding hydrogens is 398 g/mol. The van der Waals surface area contributed by atoms with Crippen LogP contribution in [0.3, 0.4) is 0 Å². The summed E-state index contributed by atoms with van der Waals surface area (Å²) in [6.07, 6.45) is 1.86. The molecule has 0 aliphatic heterocycles. The topological polar surface area (TPSA) is 50.3 Å². The van der Waals surface area contributed by atoms with Gasteiger partial charge in [0.1, 0.15) is 11.8 Å². The normalized spacial score (nSPS) is 11.7. The Labute approximate surface area is 183 Å². The summed E-state index contributed by atoms with van der Waals surface area (Å²) < 4.78 is 8.42. The first kappa shape index (κ1) is 20.4. The number of hydrogen-bond donors (Lipinski definition) is 0. The van der Waals surface area contributed by atoms with Crippen molar-refractivity contribution in [1.29, 1.82) is 5.26 Å². The monoisotopic (exact) mass is 421 g/mol. The lowest BCUT2D eigenvalue weighted by molar-refractivity contribution is 0.349. The van der Waals surface area contributed by atoms with Gasteiger partial charge in [0, 0.05) is 18.8 Å². The highest BCUT2D eigenvalue weighted by atomic mass is 28.4. The number of nitriles is 1. The molecule has 1 aromatic heterocycles. The molecule has 0 N–H and O–H groups in total. The zero-order chi connectivity index (χ0) is 21.7.